The number of anilines is 1. The number of rotatable bonds is 1. The normalized spacial score (nSPS) is 41.0. The van der Waals surface area contributed by atoms with Gasteiger partial charge < -0.3 is 10.2 Å². The molecule has 2 bridgehead atoms. The molecule has 2 N–H and O–H groups in total. The van der Waals surface area contributed by atoms with Crippen molar-refractivity contribution in [3.8, 4) is 0 Å². The molecule has 0 radical (unpaired) electrons. The molecule has 1 aromatic carbocycles. The number of carbonyl (C=O) groups excluding carboxylic acids is 2. The van der Waals surface area contributed by atoms with E-state index in [0.717, 1.165) is 0 Å². The lowest BCUT2D eigenvalue weighted by Crippen LogP contribution is -2.43. The summed E-state index contributed by atoms with van der Waals surface area (Å²) >= 11 is 5.83. The lowest BCUT2D eigenvalue weighted by molar-refractivity contribution is -0.129. The average Bonchev–Trinajstić information content (AvgIpc) is 3.06. The van der Waals surface area contributed by atoms with Gasteiger partial charge in [-0.3, -0.25) is 14.5 Å². The van der Waals surface area contributed by atoms with Crippen molar-refractivity contribution in [1.29, 1.82) is 0 Å². The van der Waals surface area contributed by atoms with Crippen molar-refractivity contribution in [2.75, 3.05) is 4.90 Å². The van der Waals surface area contributed by atoms with Crippen LogP contribution in [-0.2, 0) is 9.59 Å². The summed E-state index contributed by atoms with van der Waals surface area (Å²) in [5.74, 6) is -2.18. The number of aliphatic hydroxyl groups is 2. The Labute approximate surface area is 126 Å². The maximum Gasteiger partial charge on any atom is 0.238 e. The fourth-order valence-electron chi connectivity index (χ4n) is 4.28. The first-order valence-corrected chi connectivity index (χ1v) is 7.38. The number of benzene rings is 1. The van der Waals surface area contributed by atoms with Crippen molar-refractivity contribution in [2.45, 2.75) is 18.6 Å². The van der Waals surface area contributed by atoms with Crippen LogP contribution in [0.1, 0.15) is 6.42 Å². The van der Waals surface area contributed by atoms with Gasteiger partial charge in [0.1, 0.15) is 0 Å². The first-order chi connectivity index (χ1) is 10.0. The van der Waals surface area contributed by atoms with Crippen molar-refractivity contribution in [3.63, 3.8) is 0 Å². The largest absolute Gasteiger partial charge is 0.390 e. The Bertz CT molecular complexity index is 599. The van der Waals surface area contributed by atoms with E-state index in [-0.39, 0.29) is 23.7 Å². The van der Waals surface area contributed by atoms with E-state index in [9.17, 15) is 19.8 Å². The summed E-state index contributed by atoms with van der Waals surface area (Å²) in [4.78, 5) is 26.4. The third kappa shape index (κ3) is 1.59. The highest BCUT2D eigenvalue weighted by Crippen LogP contribution is 2.56. The van der Waals surface area contributed by atoms with Crippen molar-refractivity contribution < 1.29 is 19.8 Å². The van der Waals surface area contributed by atoms with Gasteiger partial charge in [-0.2, -0.15) is 0 Å². The summed E-state index contributed by atoms with van der Waals surface area (Å²) in [6, 6.07) is 6.52. The Kier molecular flexibility index (Phi) is 2.70. The average molecular weight is 308 g/mol. The van der Waals surface area contributed by atoms with Crippen LogP contribution in [0.15, 0.2) is 24.3 Å². The summed E-state index contributed by atoms with van der Waals surface area (Å²) in [5, 5.41) is 20.5. The van der Waals surface area contributed by atoms with Crippen molar-refractivity contribution in [3.05, 3.63) is 29.3 Å². The first-order valence-electron chi connectivity index (χ1n) is 7.00. The van der Waals surface area contributed by atoms with Gasteiger partial charge in [0.2, 0.25) is 11.8 Å². The summed E-state index contributed by atoms with van der Waals surface area (Å²) in [6.45, 7) is 0. The van der Waals surface area contributed by atoms with Crippen molar-refractivity contribution in [1.82, 2.24) is 0 Å². The predicted molar refractivity (Wildman–Crippen MR) is 74.5 cm³/mol. The van der Waals surface area contributed by atoms with E-state index in [4.69, 9.17) is 11.6 Å². The molecule has 5 nitrogen and oxygen atoms in total. The van der Waals surface area contributed by atoms with Gasteiger partial charge in [-0.05, 0) is 30.7 Å². The summed E-state index contributed by atoms with van der Waals surface area (Å²) < 4.78 is 0. The van der Waals surface area contributed by atoms with Crippen LogP contribution in [0, 0.1) is 23.7 Å². The number of carbonyl (C=O) groups is 2. The van der Waals surface area contributed by atoms with Crippen molar-refractivity contribution >= 4 is 29.1 Å². The van der Waals surface area contributed by atoms with E-state index in [1.807, 2.05) is 0 Å². The van der Waals surface area contributed by atoms with Gasteiger partial charge >= 0.3 is 0 Å². The summed E-state index contributed by atoms with van der Waals surface area (Å²) in [7, 11) is 0. The fourth-order valence-corrected chi connectivity index (χ4v) is 4.40. The summed E-state index contributed by atoms with van der Waals surface area (Å²) in [5.41, 5.74) is 0.493. The van der Waals surface area contributed by atoms with Gasteiger partial charge in [0.05, 0.1) is 29.7 Å². The van der Waals surface area contributed by atoms with E-state index in [1.54, 1.807) is 24.3 Å². The third-order valence-electron chi connectivity index (χ3n) is 5.18. The Morgan fingerprint density at radius 3 is 1.90 bits per heavy atom. The van der Waals surface area contributed by atoms with Gasteiger partial charge in [0.15, 0.2) is 0 Å². The lowest BCUT2D eigenvalue weighted by atomic mass is 9.78. The van der Waals surface area contributed by atoms with E-state index in [0.29, 0.717) is 17.1 Å². The van der Waals surface area contributed by atoms with E-state index in [2.05, 4.69) is 0 Å². The van der Waals surface area contributed by atoms with Crippen LogP contribution in [0.25, 0.3) is 0 Å². The molecule has 0 aromatic heterocycles. The standard InChI is InChI=1S/C15H14ClNO4/c16-6-1-3-7(4-2-6)17-14(20)10-8-5-9(11(10)15(17)21)13(19)12(8)18/h1-4,8-13,18-19H,5H2/t8-,9+,10-,11+,12-,13+. The molecule has 6 heteroatoms. The highest BCUT2D eigenvalue weighted by molar-refractivity contribution is 6.30. The molecule has 110 valence electrons. The predicted octanol–water partition coefficient (Wildman–Crippen LogP) is 0.817. The smallest absolute Gasteiger partial charge is 0.238 e. The number of hydrogen-bond acceptors (Lipinski definition) is 4. The van der Waals surface area contributed by atoms with Crippen LogP contribution in [0.2, 0.25) is 5.02 Å². The molecule has 1 saturated heterocycles. The van der Waals surface area contributed by atoms with Crippen LogP contribution >= 0.6 is 11.6 Å². The maximum absolute atomic E-state index is 12.6. The Morgan fingerprint density at radius 1 is 0.952 bits per heavy atom. The molecule has 0 unspecified atom stereocenters. The van der Waals surface area contributed by atoms with Crippen LogP contribution in [-0.4, -0.2) is 34.2 Å². The number of aliphatic hydroxyl groups excluding tert-OH is 2. The molecule has 21 heavy (non-hydrogen) atoms. The molecule has 1 aliphatic heterocycles. The minimum atomic E-state index is -0.904. The van der Waals surface area contributed by atoms with E-state index < -0.39 is 24.0 Å². The molecule has 3 aliphatic rings. The van der Waals surface area contributed by atoms with E-state index >= 15 is 0 Å². The number of nitrogens with zero attached hydrogens (tertiary/aromatic N) is 1. The second-order valence-corrected chi connectivity index (χ2v) is 6.52. The molecular weight excluding hydrogens is 294 g/mol. The molecule has 3 fully saturated rings. The molecule has 1 aromatic rings. The second-order valence-electron chi connectivity index (χ2n) is 6.08. The molecule has 2 amide bonds. The first kappa shape index (κ1) is 13.2. The fraction of sp³-hybridized carbons (Fsp3) is 0.467. The van der Waals surface area contributed by atoms with Gasteiger partial charge in [0, 0.05) is 16.9 Å². The molecule has 2 saturated carbocycles. The zero-order valence-corrected chi connectivity index (χ0v) is 11.8. The van der Waals surface area contributed by atoms with Gasteiger partial charge in [-0.25, -0.2) is 0 Å². The maximum atomic E-state index is 12.6. The SMILES string of the molecule is O=C1[C@@H]2[C@H]3C[C@H]([C@H](O)[C@@H]3O)[C@@H]2C(=O)N1c1ccc(Cl)cc1. The third-order valence-corrected chi connectivity index (χ3v) is 5.43. The van der Waals surface area contributed by atoms with Gasteiger partial charge in [-0.1, -0.05) is 11.6 Å². The van der Waals surface area contributed by atoms with Crippen LogP contribution in [0.3, 0.4) is 0 Å². The molecule has 2 aliphatic carbocycles. The lowest BCUT2D eigenvalue weighted by Gasteiger charge is -2.29. The van der Waals surface area contributed by atoms with Crippen LogP contribution in [0.4, 0.5) is 5.69 Å². The number of fused-ring (bicyclic) bond motifs is 5. The van der Waals surface area contributed by atoms with Crippen LogP contribution in [0.5, 0.6) is 0 Å². The number of halogens is 1. The Morgan fingerprint density at radius 2 is 1.43 bits per heavy atom. The van der Waals surface area contributed by atoms with E-state index in [1.165, 1.54) is 4.90 Å². The molecular formula is C15H14ClNO4. The minimum absolute atomic E-state index is 0.272. The van der Waals surface area contributed by atoms with Crippen LogP contribution < -0.4 is 4.90 Å². The highest BCUT2D eigenvalue weighted by atomic mass is 35.5. The monoisotopic (exact) mass is 307 g/mol. The number of amides is 2. The Balaban J connectivity index is 1.73. The quantitative estimate of drug-likeness (QED) is 0.753. The molecule has 0 spiro atoms. The zero-order valence-electron chi connectivity index (χ0n) is 11.0. The molecule has 1 heterocycles. The number of imide groups is 1. The number of hydrogen-bond donors (Lipinski definition) is 2. The minimum Gasteiger partial charge on any atom is -0.390 e. The zero-order chi connectivity index (χ0) is 14.9. The van der Waals surface area contributed by atoms with Crippen molar-refractivity contribution in [2.24, 2.45) is 23.7 Å². The van der Waals surface area contributed by atoms with Gasteiger partial charge in [-0.15, -0.1) is 0 Å². The molecule has 6 atom stereocenters. The molecule has 4 rings (SSSR count). The Hall–Kier alpha value is -1.43. The topological polar surface area (TPSA) is 77.8 Å². The second kappa shape index (κ2) is 4.29. The summed E-state index contributed by atoms with van der Waals surface area (Å²) in [6.07, 6.45) is -1.26. The highest BCUT2D eigenvalue weighted by Gasteiger charge is 2.67. The van der Waals surface area contributed by atoms with Gasteiger partial charge in [0.25, 0.3) is 0 Å².